The Morgan fingerprint density at radius 3 is 2.67 bits per heavy atom. The third kappa shape index (κ3) is 3.11. The lowest BCUT2D eigenvalue weighted by atomic mass is 9.97. The van der Waals surface area contributed by atoms with Crippen LogP contribution in [-0.2, 0) is 27.8 Å². The van der Waals surface area contributed by atoms with Crippen LogP contribution in [-0.4, -0.2) is 28.0 Å². The smallest absolute Gasteiger partial charge is 0.240 e. The Balaban J connectivity index is 1.62. The van der Waals surface area contributed by atoms with E-state index >= 15 is 0 Å². The van der Waals surface area contributed by atoms with Crippen molar-refractivity contribution in [2.24, 2.45) is 0 Å². The lowest BCUT2D eigenvalue weighted by Gasteiger charge is -2.26. The third-order valence-corrected chi connectivity index (χ3v) is 6.71. The van der Waals surface area contributed by atoms with Crippen LogP contribution < -0.4 is 14.4 Å². The monoisotopic (exact) mass is 386 g/mol. The van der Waals surface area contributed by atoms with E-state index in [9.17, 15) is 13.2 Å². The van der Waals surface area contributed by atoms with Gasteiger partial charge >= 0.3 is 0 Å². The second-order valence-corrected chi connectivity index (χ2v) is 8.77. The molecule has 142 valence electrons. The molecular formula is C20H22N2O4S. The Morgan fingerprint density at radius 1 is 1.22 bits per heavy atom. The molecule has 1 amide bonds. The predicted octanol–water partition coefficient (Wildman–Crippen LogP) is 2.57. The zero-order valence-corrected chi connectivity index (χ0v) is 16.2. The molecule has 2 aliphatic rings. The summed E-state index contributed by atoms with van der Waals surface area (Å²) in [6, 6.07) is 10.6. The normalized spacial score (nSPS) is 18.5. The molecule has 0 saturated heterocycles. The molecule has 1 atom stereocenters. The van der Waals surface area contributed by atoms with E-state index in [1.165, 1.54) is 0 Å². The first-order valence-electron chi connectivity index (χ1n) is 9.01. The number of methoxy groups -OCH3 is 1. The van der Waals surface area contributed by atoms with Crippen LogP contribution in [0, 0.1) is 0 Å². The minimum Gasteiger partial charge on any atom is -0.497 e. The Bertz CT molecular complexity index is 999. The Labute approximate surface area is 159 Å². The van der Waals surface area contributed by atoms with E-state index in [0.717, 1.165) is 41.0 Å². The summed E-state index contributed by atoms with van der Waals surface area (Å²) in [6.45, 7) is 2.75. The second kappa shape index (κ2) is 6.65. The molecule has 7 heteroatoms. The van der Waals surface area contributed by atoms with Gasteiger partial charge in [0.15, 0.2) is 0 Å². The maximum absolute atomic E-state index is 12.9. The van der Waals surface area contributed by atoms with Gasteiger partial charge in [-0.3, -0.25) is 4.79 Å². The summed E-state index contributed by atoms with van der Waals surface area (Å²) in [6.07, 6.45) is 1.65. The number of hydrogen-bond donors (Lipinski definition) is 1. The first kappa shape index (κ1) is 18.0. The Morgan fingerprint density at radius 2 is 1.96 bits per heavy atom. The zero-order valence-electron chi connectivity index (χ0n) is 15.4. The summed E-state index contributed by atoms with van der Waals surface area (Å²) in [7, 11) is -2.09. The number of nitrogens with zero attached hydrogens (tertiary/aromatic N) is 1. The van der Waals surface area contributed by atoms with Gasteiger partial charge in [0.2, 0.25) is 15.9 Å². The highest BCUT2D eigenvalue weighted by Crippen LogP contribution is 2.43. The number of sulfonamides is 1. The van der Waals surface area contributed by atoms with E-state index in [0.29, 0.717) is 6.54 Å². The number of ether oxygens (including phenoxy) is 1. The molecule has 0 spiro atoms. The maximum Gasteiger partial charge on any atom is 0.240 e. The number of anilines is 1. The van der Waals surface area contributed by atoms with Crippen LogP contribution in [0.3, 0.4) is 0 Å². The van der Waals surface area contributed by atoms with Gasteiger partial charge in [-0.25, -0.2) is 13.1 Å². The molecule has 0 bridgehead atoms. The Kier molecular flexibility index (Phi) is 4.44. The average Bonchev–Trinajstić information content (AvgIpc) is 2.93. The van der Waals surface area contributed by atoms with Gasteiger partial charge in [-0.05, 0) is 60.7 Å². The molecule has 27 heavy (non-hydrogen) atoms. The highest BCUT2D eigenvalue weighted by atomic mass is 32.2. The van der Waals surface area contributed by atoms with Gasteiger partial charge in [0.05, 0.1) is 23.6 Å². The van der Waals surface area contributed by atoms with E-state index in [1.807, 2.05) is 19.1 Å². The van der Waals surface area contributed by atoms with Crippen molar-refractivity contribution >= 4 is 21.6 Å². The first-order valence-corrected chi connectivity index (χ1v) is 10.5. The number of nitrogens with one attached hydrogen (secondary N) is 1. The summed E-state index contributed by atoms with van der Waals surface area (Å²) < 4.78 is 33.5. The van der Waals surface area contributed by atoms with Crippen molar-refractivity contribution in [3.8, 4) is 5.75 Å². The molecule has 1 N–H and O–H groups in total. The lowest BCUT2D eigenvalue weighted by Crippen LogP contribution is -2.32. The number of amides is 1. The van der Waals surface area contributed by atoms with Crippen LogP contribution in [0.1, 0.15) is 36.0 Å². The van der Waals surface area contributed by atoms with Crippen LogP contribution in [0.25, 0.3) is 0 Å². The molecule has 2 aromatic carbocycles. The van der Waals surface area contributed by atoms with Gasteiger partial charge in [0.1, 0.15) is 5.75 Å². The van der Waals surface area contributed by atoms with Gasteiger partial charge in [0, 0.05) is 13.1 Å². The van der Waals surface area contributed by atoms with Crippen LogP contribution in [0.4, 0.5) is 5.69 Å². The van der Waals surface area contributed by atoms with Gasteiger partial charge in [-0.2, -0.15) is 0 Å². The largest absolute Gasteiger partial charge is 0.497 e. The minimum atomic E-state index is -3.67. The van der Waals surface area contributed by atoms with Crippen molar-refractivity contribution in [3.63, 3.8) is 0 Å². The molecule has 0 radical (unpaired) electrons. The van der Waals surface area contributed by atoms with Gasteiger partial charge in [-0.15, -0.1) is 0 Å². The maximum atomic E-state index is 12.9. The summed E-state index contributed by atoms with van der Waals surface area (Å²) in [5, 5.41) is 0. The van der Waals surface area contributed by atoms with Crippen molar-refractivity contribution in [1.82, 2.24) is 4.72 Å². The number of hydrogen-bond acceptors (Lipinski definition) is 4. The first-order chi connectivity index (χ1) is 12.9. The second-order valence-electron chi connectivity index (χ2n) is 7.01. The number of carbonyl (C=O) groups excluding carboxylic acids is 1. The van der Waals surface area contributed by atoms with E-state index in [1.54, 1.807) is 36.3 Å². The summed E-state index contributed by atoms with van der Waals surface area (Å²) in [4.78, 5) is 14.5. The summed E-state index contributed by atoms with van der Waals surface area (Å²) >= 11 is 0. The van der Waals surface area contributed by atoms with Crippen LogP contribution in [0.2, 0.25) is 0 Å². The molecule has 2 aliphatic heterocycles. The summed E-state index contributed by atoms with van der Waals surface area (Å²) in [5.74, 6) is 0.489. The molecule has 2 heterocycles. The van der Waals surface area contributed by atoms with Crippen LogP contribution in [0.15, 0.2) is 41.3 Å². The van der Waals surface area contributed by atoms with Gasteiger partial charge < -0.3 is 9.64 Å². The minimum absolute atomic E-state index is 0.0617. The van der Waals surface area contributed by atoms with E-state index in [2.05, 4.69) is 4.72 Å². The highest BCUT2D eigenvalue weighted by Gasteiger charge is 2.38. The Hall–Kier alpha value is -2.38. The topological polar surface area (TPSA) is 75.7 Å². The zero-order chi connectivity index (χ0) is 19.2. The standard InChI is InChI=1S/C20H22N2O4S/c1-13-18-11-17(10-15-4-3-9-22(19(15)18)20(13)23)27(24,25)21-12-14-5-7-16(26-2)8-6-14/h5-8,10-11,13,21H,3-4,9,12H2,1-2H3/t13-/m0/s1. The molecular weight excluding hydrogens is 364 g/mol. The molecule has 0 fully saturated rings. The average molecular weight is 386 g/mol. The van der Waals surface area contributed by atoms with E-state index in [-0.39, 0.29) is 23.3 Å². The molecule has 4 rings (SSSR count). The van der Waals surface area contributed by atoms with Crippen molar-refractivity contribution in [1.29, 1.82) is 0 Å². The van der Waals surface area contributed by atoms with Crippen molar-refractivity contribution in [2.45, 2.75) is 37.1 Å². The molecule has 0 saturated carbocycles. The highest BCUT2D eigenvalue weighted by molar-refractivity contribution is 7.89. The number of carbonyl (C=O) groups is 1. The predicted molar refractivity (Wildman–Crippen MR) is 103 cm³/mol. The third-order valence-electron chi connectivity index (χ3n) is 5.33. The fraction of sp³-hybridized carbons (Fsp3) is 0.350. The van der Waals surface area contributed by atoms with Crippen molar-refractivity contribution in [2.75, 3.05) is 18.6 Å². The van der Waals surface area contributed by atoms with Crippen molar-refractivity contribution in [3.05, 3.63) is 53.1 Å². The molecule has 6 nitrogen and oxygen atoms in total. The molecule has 0 aliphatic carbocycles. The van der Waals surface area contributed by atoms with Gasteiger partial charge in [0.25, 0.3) is 0 Å². The quantitative estimate of drug-likeness (QED) is 0.857. The summed E-state index contributed by atoms with van der Waals surface area (Å²) in [5.41, 5.74) is 3.53. The number of rotatable bonds is 5. The van der Waals surface area contributed by atoms with Gasteiger partial charge in [-0.1, -0.05) is 12.1 Å². The van der Waals surface area contributed by atoms with E-state index in [4.69, 9.17) is 4.74 Å². The number of aryl methyl sites for hydroxylation is 1. The number of benzene rings is 2. The lowest BCUT2D eigenvalue weighted by molar-refractivity contribution is -0.119. The fourth-order valence-electron chi connectivity index (χ4n) is 3.83. The fourth-order valence-corrected chi connectivity index (χ4v) is 4.93. The molecule has 0 aromatic heterocycles. The van der Waals surface area contributed by atoms with E-state index < -0.39 is 10.0 Å². The SMILES string of the molecule is COc1ccc(CNS(=O)(=O)c2cc3c4c(c2)[C@H](C)C(=O)N4CCC3)cc1. The molecule has 0 unspecified atom stereocenters. The van der Waals surface area contributed by atoms with Crippen LogP contribution in [0.5, 0.6) is 5.75 Å². The van der Waals surface area contributed by atoms with Crippen LogP contribution >= 0.6 is 0 Å². The van der Waals surface area contributed by atoms with Crippen molar-refractivity contribution < 1.29 is 17.9 Å². The molecule has 2 aromatic rings.